The van der Waals surface area contributed by atoms with Gasteiger partial charge in [-0.1, -0.05) is 57.0 Å². The van der Waals surface area contributed by atoms with E-state index < -0.39 is 0 Å². The van der Waals surface area contributed by atoms with Crippen molar-refractivity contribution >= 4 is 22.7 Å². The van der Waals surface area contributed by atoms with Crippen molar-refractivity contribution in [2.75, 3.05) is 7.11 Å². The topological polar surface area (TPSA) is 35.0 Å². The molecule has 0 aromatic carbocycles. The van der Waals surface area contributed by atoms with Crippen molar-refractivity contribution in [2.45, 2.75) is 52.9 Å². The average Bonchev–Trinajstić information content (AvgIpc) is 2.69. The van der Waals surface area contributed by atoms with E-state index in [0.717, 1.165) is 60.3 Å². The number of rotatable bonds is 11. The number of aryl methyl sites for hydroxylation is 1. The molecule has 0 saturated heterocycles. The van der Waals surface area contributed by atoms with Crippen LogP contribution in [0.4, 0.5) is 0 Å². The summed E-state index contributed by atoms with van der Waals surface area (Å²) in [5, 5.41) is 0. The van der Waals surface area contributed by atoms with Crippen molar-refractivity contribution in [3.8, 4) is 0 Å². The van der Waals surface area contributed by atoms with E-state index in [-0.39, 0.29) is 0 Å². The van der Waals surface area contributed by atoms with E-state index in [1.165, 1.54) is 5.54 Å². The molecular weight excluding hydrogens is 356 g/mol. The first-order chi connectivity index (χ1) is 13.2. The van der Waals surface area contributed by atoms with Crippen LogP contribution < -0.4 is 0 Å². The van der Waals surface area contributed by atoms with Gasteiger partial charge in [-0.05, 0) is 49.5 Å². The summed E-state index contributed by atoms with van der Waals surface area (Å²) in [4.78, 5) is 9.71. The van der Waals surface area contributed by atoms with E-state index in [0.29, 0.717) is 0 Å². The highest BCUT2D eigenvalue weighted by Crippen LogP contribution is 2.26. The molecule has 0 aliphatic heterocycles. The molecule has 0 radical (unpaired) electrons. The fourth-order valence-electron chi connectivity index (χ4n) is 2.53. The summed E-state index contributed by atoms with van der Waals surface area (Å²) in [5.74, 6) is 0. The first kappa shape index (κ1) is 22.9. The summed E-state index contributed by atoms with van der Waals surface area (Å²) < 4.78 is 5.00. The Morgan fingerprint density at radius 3 is 2.56 bits per heavy atom. The van der Waals surface area contributed by atoms with Crippen LogP contribution in [0.2, 0.25) is 0 Å². The molecule has 0 unspecified atom stereocenters. The molecule has 1 rings (SSSR count). The maximum atomic E-state index is 5.88. The van der Waals surface area contributed by atoms with Crippen LogP contribution in [0, 0.1) is 0 Å². The number of aromatic nitrogens is 2. The van der Waals surface area contributed by atoms with Gasteiger partial charge in [-0.15, -0.1) is 0 Å². The van der Waals surface area contributed by atoms with Crippen molar-refractivity contribution in [3.05, 3.63) is 71.5 Å². The van der Waals surface area contributed by atoms with Gasteiger partial charge in [0, 0.05) is 17.3 Å². The average molecular weight is 387 g/mol. The van der Waals surface area contributed by atoms with Crippen LogP contribution >= 0.6 is 11.6 Å². The highest BCUT2D eigenvalue weighted by Gasteiger charge is 2.13. The predicted molar refractivity (Wildman–Crippen MR) is 117 cm³/mol. The highest BCUT2D eigenvalue weighted by molar-refractivity contribution is 6.26. The minimum atomic E-state index is 0.813. The second-order valence-electron chi connectivity index (χ2n) is 6.02. The largest absolute Gasteiger partial charge is 0.504 e. The number of unbranched alkanes of at least 4 members (excludes halogenated alkanes) is 1. The molecule has 0 aliphatic rings. The Morgan fingerprint density at radius 1 is 1.11 bits per heavy atom. The van der Waals surface area contributed by atoms with Gasteiger partial charge in [0.25, 0.3) is 0 Å². The molecule has 0 aliphatic carbocycles. The zero-order valence-corrected chi connectivity index (χ0v) is 17.7. The van der Waals surface area contributed by atoms with Crippen LogP contribution in [0.25, 0.3) is 11.1 Å². The lowest BCUT2D eigenvalue weighted by molar-refractivity contribution is 0.338. The lowest BCUT2D eigenvalue weighted by Crippen LogP contribution is -2.03. The van der Waals surface area contributed by atoms with Crippen LogP contribution in [-0.2, 0) is 11.2 Å². The fourth-order valence-corrected chi connectivity index (χ4v) is 2.66. The Morgan fingerprint density at radius 2 is 1.93 bits per heavy atom. The second-order valence-corrected chi connectivity index (χ2v) is 6.27. The van der Waals surface area contributed by atoms with E-state index in [9.17, 15) is 0 Å². The summed E-state index contributed by atoms with van der Waals surface area (Å²) >= 11 is 5.88. The Labute approximate surface area is 169 Å². The first-order valence-corrected chi connectivity index (χ1v) is 10.0. The van der Waals surface area contributed by atoms with Gasteiger partial charge in [-0.2, -0.15) is 0 Å². The van der Waals surface area contributed by atoms with Crippen LogP contribution in [0.15, 0.2) is 54.5 Å². The second kappa shape index (κ2) is 14.0. The van der Waals surface area contributed by atoms with Gasteiger partial charge < -0.3 is 4.74 Å². The molecule has 1 heterocycles. The lowest BCUT2D eigenvalue weighted by Gasteiger charge is -2.12. The number of hydrogen-bond donors (Lipinski definition) is 0. The molecule has 3 nitrogen and oxygen atoms in total. The molecule has 0 amide bonds. The van der Waals surface area contributed by atoms with Crippen LogP contribution in [0.5, 0.6) is 0 Å². The molecule has 1 aromatic heterocycles. The summed E-state index contributed by atoms with van der Waals surface area (Å²) in [6.07, 6.45) is 20.6. The van der Waals surface area contributed by atoms with E-state index >= 15 is 0 Å². The van der Waals surface area contributed by atoms with Gasteiger partial charge in [0.1, 0.15) is 0 Å². The summed E-state index contributed by atoms with van der Waals surface area (Å²) in [6.45, 7) is 6.44. The van der Waals surface area contributed by atoms with Gasteiger partial charge in [0.05, 0.1) is 30.5 Å². The summed E-state index contributed by atoms with van der Waals surface area (Å²) in [7, 11) is 1.62. The standard InChI is InChI=1S/C23H31ClN2O/c1-5-8-12-19(11-7-3)23-22(20(15-16-24)13-10-17-27-4)25-18-21(26-23)14-9-6-2/h8,10-13,15-18H,5-7,9,14H2,1-4H3/b12-8-,16-15+,17-10+,19-11+,20-13+. The lowest BCUT2D eigenvalue weighted by atomic mass is 10.0. The minimum absolute atomic E-state index is 0.813. The van der Waals surface area contributed by atoms with Crippen LogP contribution in [0.1, 0.15) is 63.5 Å². The SMILES string of the molecule is CC/C=C\C(=C/CC)c1nc(CCCC)cnc1C(/C=C/Cl)=C/C=C/OC. The zero-order chi connectivity index (χ0) is 19.9. The number of methoxy groups -OCH3 is 1. The Bertz CT molecular complexity index is 715. The summed E-state index contributed by atoms with van der Waals surface area (Å²) in [6, 6.07) is 0. The zero-order valence-electron chi connectivity index (χ0n) is 16.9. The Hall–Kier alpha value is -2.13. The van der Waals surface area contributed by atoms with E-state index in [1.54, 1.807) is 13.4 Å². The highest BCUT2D eigenvalue weighted by atomic mass is 35.5. The third kappa shape index (κ3) is 7.96. The Balaban J connectivity index is 3.56. The maximum Gasteiger partial charge on any atom is 0.0965 e. The molecule has 0 bridgehead atoms. The molecule has 27 heavy (non-hydrogen) atoms. The van der Waals surface area contributed by atoms with Gasteiger partial charge in [0.15, 0.2) is 0 Å². The van der Waals surface area contributed by atoms with Gasteiger partial charge in [-0.25, -0.2) is 4.98 Å². The molecular formula is C23H31ClN2O. The van der Waals surface area contributed by atoms with E-state index in [2.05, 4.69) is 39.0 Å². The molecule has 1 aromatic rings. The molecule has 0 spiro atoms. The molecule has 0 fully saturated rings. The van der Waals surface area contributed by atoms with Crippen molar-refractivity contribution in [1.82, 2.24) is 9.97 Å². The quantitative estimate of drug-likeness (QED) is 0.307. The van der Waals surface area contributed by atoms with Crippen LogP contribution in [-0.4, -0.2) is 17.1 Å². The predicted octanol–water partition coefficient (Wildman–Crippen LogP) is 6.87. The Kier molecular flexibility index (Phi) is 11.9. The third-order valence-corrected chi connectivity index (χ3v) is 3.97. The number of ether oxygens (including phenoxy) is 1. The van der Waals surface area contributed by atoms with E-state index in [1.807, 2.05) is 24.4 Å². The molecule has 0 saturated carbocycles. The van der Waals surface area contributed by atoms with Crippen LogP contribution in [0.3, 0.4) is 0 Å². The summed E-state index contributed by atoms with van der Waals surface area (Å²) in [5.41, 5.74) is 6.19. The molecule has 0 N–H and O–H groups in total. The number of allylic oxidation sites excluding steroid dienone is 8. The van der Waals surface area contributed by atoms with Crippen molar-refractivity contribution in [2.24, 2.45) is 0 Å². The molecule has 0 atom stereocenters. The minimum Gasteiger partial charge on any atom is -0.504 e. The monoisotopic (exact) mass is 386 g/mol. The number of nitrogens with zero attached hydrogens (tertiary/aromatic N) is 2. The molecule has 146 valence electrons. The number of halogens is 1. The van der Waals surface area contributed by atoms with Gasteiger partial charge in [-0.3, -0.25) is 4.98 Å². The van der Waals surface area contributed by atoms with Gasteiger partial charge in [0.2, 0.25) is 0 Å². The molecule has 4 heteroatoms. The number of hydrogen-bond acceptors (Lipinski definition) is 3. The van der Waals surface area contributed by atoms with Crippen molar-refractivity contribution in [1.29, 1.82) is 0 Å². The fraction of sp³-hybridized carbons (Fsp3) is 0.391. The van der Waals surface area contributed by atoms with Crippen molar-refractivity contribution < 1.29 is 4.74 Å². The van der Waals surface area contributed by atoms with E-state index in [4.69, 9.17) is 26.3 Å². The van der Waals surface area contributed by atoms with Gasteiger partial charge >= 0.3 is 0 Å². The maximum absolute atomic E-state index is 5.88. The van der Waals surface area contributed by atoms with Crippen molar-refractivity contribution in [3.63, 3.8) is 0 Å². The normalized spacial score (nSPS) is 13.4. The third-order valence-electron chi connectivity index (χ3n) is 3.85. The first-order valence-electron chi connectivity index (χ1n) is 9.61. The smallest absolute Gasteiger partial charge is 0.0965 e.